The van der Waals surface area contributed by atoms with E-state index in [0.29, 0.717) is 0 Å². The van der Waals surface area contributed by atoms with Crippen molar-refractivity contribution in [3.8, 4) is 0 Å². The number of rotatable bonds is 3. The van der Waals surface area contributed by atoms with Gasteiger partial charge in [-0.05, 0) is 20.8 Å². The lowest BCUT2D eigenvalue weighted by Crippen LogP contribution is -2.09. The summed E-state index contributed by atoms with van der Waals surface area (Å²) >= 11 is 0. The number of hydrogen-bond donors (Lipinski definition) is 1. The molecular weight excluding hydrogens is 204 g/mol. The van der Waals surface area contributed by atoms with Crippen LogP contribution in [0.1, 0.15) is 30.0 Å². The third-order valence-electron chi connectivity index (χ3n) is 2.45. The van der Waals surface area contributed by atoms with Crippen LogP contribution in [0.5, 0.6) is 0 Å². The second kappa shape index (κ2) is 4.30. The molecular formula is C11H14N4O. The summed E-state index contributed by atoms with van der Waals surface area (Å²) in [6, 6.07) is 0.1000. The lowest BCUT2D eigenvalue weighted by molar-refractivity contribution is 0.392. The largest absolute Gasteiger partial charge is 0.362 e. The standard InChI is InChI=1S/C11H14N4O/c1-7(11-8(2)15-16-9(11)3)14-10-6-12-4-5-13-10/h4-7H,1-3H3,(H,13,14). The van der Waals surface area contributed by atoms with Crippen LogP contribution < -0.4 is 5.32 Å². The van der Waals surface area contributed by atoms with Gasteiger partial charge in [0.05, 0.1) is 17.9 Å². The lowest BCUT2D eigenvalue weighted by atomic mass is 10.1. The number of aromatic nitrogens is 3. The summed E-state index contributed by atoms with van der Waals surface area (Å²) in [7, 11) is 0. The van der Waals surface area contributed by atoms with E-state index in [-0.39, 0.29) is 6.04 Å². The van der Waals surface area contributed by atoms with E-state index in [1.807, 2.05) is 20.8 Å². The number of nitrogens with one attached hydrogen (secondary N) is 1. The van der Waals surface area contributed by atoms with E-state index in [1.165, 1.54) is 0 Å². The summed E-state index contributed by atoms with van der Waals surface area (Å²) in [5, 5.41) is 7.18. The molecule has 2 heterocycles. The first-order valence-electron chi connectivity index (χ1n) is 5.14. The van der Waals surface area contributed by atoms with Crippen LogP contribution >= 0.6 is 0 Å². The Balaban J connectivity index is 2.18. The summed E-state index contributed by atoms with van der Waals surface area (Å²) < 4.78 is 5.13. The molecule has 0 bridgehead atoms. The molecule has 5 heteroatoms. The van der Waals surface area contributed by atoms with E-state index >= 15 is 0 Å². The van der Waals surface area contributed by atoms with Crippen molar-refractivity contribution in [1.82, 2.24) is 15.1 Å². The summed E-state index contributed by atoms with van der Waals surface area (Å²) in [5.41, 5.74) is 1.98. The summed E-state index contributed by atoms with van der Waals surface area (Å²) in [5.74, 6) is 1.58. The Labute approximate surface area is 93.9 Å². The Morgan fingerprint density at radius 3 is 2.69 bits per heavy atom. The van der Waals surface area contributed by atoms with Gasteiger partial charge in [-0.25, -0.2) is 4.98 Å². The molecule has 1 unspecified atom stereocenters. The van der Waals surface area contributed by atoms with Crippen molar-refractivity contribution in [2.45, 2.75) is 26.8 Å². The molecule has 0 radical (unpaired) electrons. The van der Waals surface area contributed by atoms with Crippen molar-refractivity contribution >= 4 is 5.82 Å². The fourth-order valence-electron chi connectivity index (χ4n) is 1.78. The monoisotopic (exact) mass is 218 g/mol. The van der Waals surface area contributed by atoms with E-state index in [4.69, 9.17) is 4.52 Å². The van der Waals surface area contributed by atoms with Crippen LogP contribution in [0.15, 0.2) is 23.1 Å². The molecule has 0 aliphatic heterocycles. The molecule has 0 amide bonds. The zero-order valence-electron chi connectivity index (χ0n) is 9.56. The highest BCUT2D eigenvalue weighted by atomic mass is 16.5. The Kier molecular flexibility index (Phi) is 2.85. The number of nitrogens with zero attached hydrogens (tertiary/aromatic N) is 3. The third-order valence-corrected chi connectivity index (χ3v) is 2.45. The topological polar surface area (TPSA) is 63.8 Å². The molecule has 0 saturated carbocycles. The van der Waals surface area contributed by atoms with Crippen LogP contribution in [-0.2, 0) is 0 Å². The third kappa shape index (κ3) is 2.03. The van der Waals surface area contributed by atoms with Crippen LogP contribution in [0, 0.1) is 13.8 Å². The van der Waals surface area contributed by atoms with Gasteiger partial charge in [0.2, 0.25) is 0 Å². The number of anilines is 1. The second-order valence-corrected chi connectivity index (χ2v) is 3.69. The minimum atomic E-state index is 0.1000. The molecule has 2 aromatic heterocycles. The number of aryl methyl sites for hydroxylation is 2. The molecule has 0 fully saturated rings. The minimum Gasteiger partial charge on any atom is -0.362 e. The van der Waals surface area contributed by atoms with Gasteiger partial charge in [-0.2, -0.15) is 0 Å². The first kappa shape index (κ1) is 10.6. The fraction of sp³-hybridized carbons (Fsp3) is 0.364. The fourth-order valence-corrected chi connectivity index (χ4v) is 1.78. The highest BCUT2D eigenvalue weighted by molar-refractivity contribution is 5.37. The zero-order chi connectivity index (χ0) is 11.5. The van der Waals surface area contributed by atoms with E-state index in [0.717, 1.165) is 22.8 Å². The first-order chi connectivity index (χ1) is 7.68. The van der Waals surface area contributed by atoms with Crippen LogP contribution in [0.25, 0.3) is 0 Å². The predicted octanol–water partition coefficient (Wildman–Crippen LogP) is 2.25. The maximum absolute atomic E-state index is 5.13. The van der Waals surface area contributed by atoms with Crippen LogP contribution in [-0.4, -0.2) is 15.1 Å². The molecule has 1 atom stereocenters. The smallest absolute Gasteiger partial charge is 0.144 e. The quantitative estimate of drug-likeness (QED) is 0.856. The Morgan fingerprint density at radius 1 is 1.31 bits per heavy atom. The lowest BCUT2D eigenvalue weighted by Gasteiger charge is -2.13. The van der Waals surface area contributed by atoms with Gasteiger partial charge in [0, 0.05) is 18.0 Å². The SMILES string of the molecule is Cc1noc(C)c1C(C)Nc1cnccn1. The Bertz CT molecular complexity index is 447. The summed E-state index contributed by atoms with van der Waals surface area (Å²) in [6.07, 6.45) is 4.99. The van der Waals surface area contributed by atoms with Crippen LogP contribution in [0.2, 0.25) is 0 Å². The maximum Gasteiger partial charge on any atom is 0.144 e. The molecule has 2 aromatic rings. The van der Waals surface area contributed by atoms with Gasteiger partial charge in [-0.3, -0.25) is 4.98 Å². The molecule has 0 aromatic carbocycles. The van der Waals surface area contributed by atoms with E-state index in [2.05, 4.69) is 20.4 Å². The second-order valence-electron chi connectivity index (χ2n) is 3.69. The van der Waals surface area contributed by atoms with Crippen LogP contribution in [0.4, 0.5) is 5.82 Å². The van der Waals surface area contributed by atoms with Gasteiger partial charge in [-0.15, -0.1) is 0 Å². The first-order valence-corrected chi connectivity index (χ1v) is 5.14. The number of hydrogen-bond acceptors (Lipinski definition) is 5. The minimum absolute atomic E-state index is 0.1000. The van der Waals surface area contributed by atoms with Gasteiger partial charge in [0.15, 0.2) is 0 Å². The van der Waals surface area contributed by atoms with Crippen molar-refractivity contribution in [2.75, 3.05) is 5.32 Å². The maximum atomic E-state index is 5.13. The highest BCUT2D eigenvalue weighted by Crippen LogP contribution is 2.23. The highest BCUT2D eigenvalue weighted by Gasteiger charge is 2.16. The average Bonchev–Trinajstić information content (AvgIpc) is 2.60. The van der Waals surface area contributed by atoms with E-state index in [1.54, 1.807) is 18.6 Å². The molecule has 2 rings (SSSR count). The molecule has 0 saturated heterocycles. The van der Waals surface area contributed by atoms with E-state index < -0.39 is 0 Å². The Hall–Kier alpha value is -1.91. The molecule has 16 heavy (non-hydrogen) atoms. The zero-order valence-corrected chi connectivity index (χ0v) is 9.56. The van der Waals surface area contributed by atoms with Crippen molar-refractivity contribution in [2.24, 2.45) is 0 Å². The van der Waals surface area contributed by atoms with Gasteiger partial charge >= 0.3 is 0 Å². The van der Waals surface area contributed by atoms with Gasteiger partial charge in [0.1, 0.15) is 11.6 Å². The molecule has 0 aliphatic carbocycles. The van der Waals surface area contributed by atoms with Gasteiger partial charge in [-0.1, -0.05) is 5.16 Å². The van der Waals surface area contributed by atoms with Gasteiger partial charge in [0.25, 0.3) is 0 Å². The molecule has 5 nitrogen and oxygen atoms in total. The molecule has 0 aliphatic rings. The van der Waals surface area contributed by atoms with E-state index in [9.17, 15) is 0 Å². The summed E-state index contributed by atoms with van der Waals surface area (Å²) in [6.45, 7) is 5.88. The molecule has 0 spiro atoms. The summed E-state index contributed by atoms with van der Waals surface area (Å²) in [4.78, 5) is 8.16. The normalized spacial score (nSPS) is 12.4. The van der Waals surface area contributed by atoms with Crippen molar-refractivity contribution in [3.05, 3.63) is 35.6 Å². The molecule has 84 valence electrons. The van der Waals surface area contributed by atoms with Crippen LogP contribution in [0.3, 0.4) is 0 Å². The van der Waals surface area contributed by atoms with Crippen molar-refractivity contribution in [1.29, 1.82) is 0 Å². The van der Waals surface area contributed by atoms with Crippen molar-refractivity contribution < 1.29 is 4.52 Å². The van der Waals surface area contributed by atoms with Gasteiger partial charge < -0.3 is 9.84 Å². The van der Waals surface area contributed by atoms with Crippen molar-refractivity contribution in [3.63, 3.8) is 0 Å². The average molecular weight is 218 g/mol. The molecule has 1 N–H and O–H groups in total. The Morgan fingerprint density at radius 2 is 2.12 bits per heavy atom. The predicted molar refractivity (Wildman–Crippen MR) is 60.0 cm³/mol.